The lowest BCUT2D eigenvalue weighted by Crippen LogP contribution is -2.45. The largest absolute Gasteiger partial charge is 0.351 e. The summed E-state index contributed by atoms with van der Waals surface area (Å²) in [6.07, 6.45) is 2.21. The summed E-state index contributed by atoms with van der Waals surface area (Å²) in [5.74, 6) is -0.642. The van der Waals surface area contributed by atoms with Crippen LogP contribution < -0.4 is 10.6 Å². The lowest BCUT2D eigenvalue weighted by atomic mass is 9.83. The molecular weight excluding hydrogens is 347 g/mol. The van der Waals surface area contributed by atoms with Crippen LogP contribution in [0, 0.1) is 11.2 Å². The van der Waals surface area contributed by atoms with E-state index in [2.05, 4.69) is 33.5 Å². The van der Waals surface area contributed by atoms with Crippen LogP contribution in [0.15, 0.2) is 22.7 Å². The fraction of sp³-hybridized carbons (Fsp3) is 0.500. The van der Waals surface area contributed by atoms with E-state index >= 15 is 0 Å². The Morgan fingerprint density at radius 3 is 2.95 bits per heavy atom. The molecule has 1 fully saturated rings. The van der Waals surface area contributed by atoms with Crippen molar-refractivity contribution in [2.75, 3.05) is 19.6 Å². The monoisotopic (exact) mass is 364 g/mol. The molecule has 0 radical (unpaired) electrons. The van der Waals surface area contributed by atoms with Crippen molar-refractivity contribution in [1.29, 1.82) is 0 Å². The standard InChI is InChI=1S/C14H18BrFN2O.ClH/c1-14(5-2-6-17-8-14)9-18-13(19)11-7-10(16)3-4-12(11)15;/h3-4,7,17H,2,5-6,8-9H2,1H3,(H,18,19);1H. The van der Waals surface area contributed by atoms with Crippen LogP contribution in [-0.4, -0.2) is 25.5 Å². The second kappa shape index (κ2) is 7.38. The zero-order valence-corrected chi connectivity index (χ0v) is 13.7. The molecule has 1 unspecified atom stereocenters. The van der Waals surface area contributed by atoms with Gasteiger partial charge in [0.05, 0.1) is 5.56 Å². The minimum Gasteiger partial charge on any atom is -0.351 e. The van der Waals surface area contributed by atoms with E-state index in [1.165, 1.54) is 12.1 Å². The van der Waals surface area contributed by atoms with E-state index in [0.29, 0.717) is 16.6 Å². The average Bonchev–Trinajstić information content (AvgIpc) is 2.40. The molecule has 2 rings (SSSR count). The summed E-state index contributed by atoms with van der Waals surface area (Å²) in [7, 11) is 0. The molecule has 0 bridgehead atoms. The van der Waals surface area contributed by atoms with Crippen molar-refractivity contribution in [3.63, 3.8) is 0 Å². The molecule has 0 aromatic heterocycles. The van der Waals surface area contributed by atoms with E-state index in [0.717, 1.165) is 25.9 Å². The summed E-state index contributed by atoms with van der Waals surface area (Å²) in [5, 5.41) is 6.24. The van der Waals surface area contributed by atoms with E-state index in [9.17, 15) is 9.18 Å². The Morgan fingerprint density at radius 2 is 2.30 bits per heavy atom. The molecule has 6 heteroatoms. The van der Waals surface area contributed by atoms with Crippen LogP contribution >= 0.6 is 28.3 Å². The number of halogens is 3. The van der Waals surface area contributed by atoms with Crippen LogP contribution in [0.25, 0.3) is 0 Å². The van der Waals surface area contributed by atoms with E-state index in [-0.39, 0.29) is 23.7 Å². The zero-order valence-electron chi connectivity index (χ0n) is 11.3. The molecule has 1 aliphatic heterocycles. The number of piperidine rings is 1. The molecule has 1 aromatic carbocycles. The van der Waals surface area contributed by atoms with Crippen molar-refractivity contribution in [2.45, 2.75) is 19.8 Å². The summed E-state index contributed by atoms with van der Waals surface area (Å²) < 4.78 is 13.8. The van der Waals surface area contributed by atoms with Gasteiger partial charge in [-0.1, -0.05) is 6.92 Å². The Balaban J connectivity index is 0.00000200. The van der Waals surface area contributed by atoms with Gasteiger partial charge in [0.2, 0.25) is 0 Å². The predicted octanol–water partition coefficient (Wildman–Crippen LogP) is 3.13. The van der Waals surface area contributed by atoms with Crippen molar-refractivity contribution < 1.29 is 9.18 Å². The Hall–Kier alpha value is -0.650. The molecule has 2 N–H and O–H groups in total. The maximum absolute atomic E-state index is 13.2. The molecule has 1 amide bonds. The quantitative estimate of drug-likeness (QED) is 0.864. The lowest BCUT2D eigenvalue weighted by molar-refractivity contribution is 0.0923. The van der Waals surface area contributed by atoms with Gasteiger partial charge in [-0.3, -0.25) is 4.79 Å². The van der Waals surface area contributed by atoms with E-state index in [1.807, 2.05) is 0 Å². The smallest absolute Gasteiger partial charge is 0.252 e. The Bertz CT molecular complexity index is 478. The normalized spacial score (nSPS) is 21.9. The molecular formula is C14H19BrClFN2O. The highest BCUT2D eigenvalue weighted by atomic mass is 79.9. The molecule has 1 aliphatic rings. The molecule has 0 aliphatic carbocycles. The van der Waals surface area contributed by atoms with Crippen molar-refractivity contribution in [2.24, 2.45) is 5.41 Å². The Morgan fingerprint density at radius 1 is 1.55 bits per heavy atom. The second-order valence-corrected chi connectivity index (χ2v) is 6.25. The summed E-state index contributed by atoms with van der Waals surface area (Å²) in [4.78, 5) is 12.1. The van der Waals surface area contributed by atoms with Gasteiger partial charge in [0.15, 0.2) is 0 Å². The number of hydrogen-bond donors (Lipinski definition) is 2. The van der Waals surface area contributed by atoms with E-state index in [1.54, 1.807) is 6.07 Å². The molecule has 20 heavy (non-hydrogen) atoms. The van der Waals surface area contributed by atoms with E-state index < -0.39 is 5.82 Å². The second-order valence-electron chi connectivity index (χ2n) is 5.40. The maximum Gasteiger partial charge on any atom is 0.252 e. The molecule has 1 saturated heterocycles. The molecule has 3 nitrogen and oxygen atoms in total. The third-order valence-corrected chi connectivity index (χ3v) is 4.23. The van der Waals surface area contributed by atoms with Crippen molar-refractivity contribution >= 4 is 34.2 Å². The number of rotatable bonds is 3. The van der Waals surface area contributed by atoms with Crippen LogP contribution in [0.1, 0.15) is 30.1 Å². The minimum atomic E-state index is -0.404. The first-order valence-corrected chi connectivity index (χ1v) is 7.23. The molecule has 0 spiro atoms. The topological polar surface area (TPSA) is 41.1 Å². The van der Waals surface area contributed by atoms with Gasteiger partial charge in [-0.25, -0.2) is 4.39 Å². The van der Waals surface area contributed by atoms with Crippen molar-refractivity contribution in [1.82, 2.24) is 10.6 Å². The lowest BCUT2D eigenvalue weighted by Gasteiger charge is -2.34. The Labute approximate surface area is 133 Å². The maximum atomic E-state index is 13.2. The van der Waals surface area contributed by atoms with Crippen LogP contribution in [-0.2, 0) is 0 Å². The zero-order chi connectivity index (χ0) is 13.9. The SMILES string of the molecule is CC1(CNC(=O)c2cc(F)ccc2Br)CCCNC1.Cl. The summed E-state index contributed by atoms with van der Waals surface area (Å²) >= 11 is 3.27. The third kappa shape index (κ3) is 4.43. The number of amides is 1. The van der Waals surface area contributed by atoms with Crippen LogP contribution in [0.2, 0.25) is 0 Å². The fourth-order valence-corrected chi connectivity index (χ4v) is 2.76. The molecule has 112 valence electrons. The number of carbonyl (C=O) groups excluding carboxylic acids is 1. The number of nitrogens with one attached hydrogen (secondary N) is 2. The van der Waals surface area contributed by atoms with E-state index in [4.69, 9.17) is 0 Å². The van der Waals surface area contributed by atoms with Gasteiger partial charge >= 0.3 is 0 Å². The molecule has 1 heterocycles. The van der Waals surface area contributed by atoms with Gasteiger partial charge in [-0.05, 0) is 58.9 Å². The molecule has 0 saturated carbocycles. The van der Waals surface area contributed by atoms with Gasteiger partial charge < -0.3 is 10.6 Å². The van der Waals surface area contributed by atoms with Crippen LogP contribution in [0.4, 0.5) is 4.39 Å². The van der Waals surface area contributed by atoms with Crippen LogP contribution in [0.3, 0.4) is 0 Å². The van der Waals surface area contributed by atoms with Crippen molar-refractivity contribution in [3.05, 3.63) is 34.1 Å². The summed E-state index contributed by atoms with van der Waals surface area (Å²) in [6, 6.07) is 4.13. The molecule has 1 atom stereocenters. The minimum absolute atomic E-state index is 0. The Kier molecular flexibility index (Phi) is 6.43. The highest BCUT2D eigenvalue weighted by Crippen LogP contribution is 2.24. The van der Waals surface area contributed by atoms with Gasteiger partial charge in [-0.15, -0.1) is 12.4 Å². The fourth-order valence-electron chi connectivity index (χ4n) is 2.33. The first kappa shape index (κ1) is 17.4. The van der Waals surface area contributed by atoms with Gasteiger partial charge in [0.25, 0.3) is 5.91 Å². The summed E-state index contributed by atoms with van der Waals surface area (Å²) in [6.45, 7) is 4.69. The van der Waals surface area contributed by atoms with Gasteiger partial charge in [0, 0.05) is 17.6 Å². The van der Waals surface area contributed by atoms with Crippen LogP contribution in [0.5, 0.6) is 0 Å². The first-order valence-electron chi connectivity index (χ1n) is 6.44. The highest BCUT2D eigenvalue weighted by molar-refractivity contribution is 9.10. The van der Waals surface area contributed by atoms with Crippen molar-refractivity contribution in [3.8, 4) is 0 Å². The first-order chi connectivity index (χ1) is 9.00. The highest BCUT2D eigenvalue weighted by Gasteiger charge is 2.27. The number of carbonyl (C=O) groups is 1. The summed E-state index contributed by atoms with van der Waals surface area (Å²) in [5.41, 5.74) is 0.417. The van der Waals surface area contributed by atoms with Gasteiger partial charge in [-0.2, -0.15) is 0 Å². The number of benzene rings is 1. The molecule has 1 aromatic rings. The van der Waals surface area contributed by atoms with Gasteiger partial charge in [0.1, 0.15) is 5.82 Å². The predicted molar refractivity (Wildman–Crippen MR) is 83.9 cm³/mol. The average molecular weight is 366 g/mol. The third-order valence-electron chi connectivity index (χ3n) is 3.53. The number of hydrogen-bond acceptors (Lipinski definition) is 2.